The summed E-state index contributed by atoms with van der Waals surface area (Å²) in [6.45, 7) is -0.538. The van der Waals surface area contributed by atoms with Gasteiger partial charge in [-0.1, -0.05) is 23.5 Å². The van der Waals surface area contributed by atoms with Crippen LogP contribution in [0.3, 0.4) is 0 Å². The molecule has 0 unspecified atom stereocenters. The molecule has 2 nitrogen and oxygen atoms in total. The van der Waals surface area contributed by atoms with Crippen LogP contribution in [0.4, 0.5) is 4.39 Å². The Morgan fingerprint density at radius 1 is 1.50 bits per heavy atom. The Bertz CT molecular complexity index is 459. The maximum absolute atomic E-state index is 12.3. The van der Waals surface area contributed by atoms with Crippen molar-refractivity contribution in [2.24, 2.45) is 0 Å². The van der Waals surface area contributed by atoms with Crippen molar-refractivity contribution in [1.29, 1.82) is 0 Å². The quantitative estimate of drug-likeness (QED) is 0.721. The molecule has 1 aromatic heterocycles. The molecular formula is C8H6FNOS. The minimum Gasteiger partial charge on any atom is -0.312 e. The van der Waals surface area contributed by atoms with Crippen LogP contribution in [0.25, 0.3) is 10.2 Å². The van der Waals surface area contributed by atoms with E-state index in [-0.39, 0.29) is 4.87 Å². The van der Waals surface area contributed by atoms with Crippen LogP contribution in [0.2, 0.25) is 0 Å². The van der Waals surface area contributed by atoms with Gasteiger partial charge in [0.15, 0.2) is 0 Å². The number of nitrogens with one attached hydrogen (secondary N) is 1. The summed E-state index contributed by atoms with van der Waals surface area (Å²) in [5.41, 5.74) is 1.18. The van der Waals surface area contributed by atoms with Crippen LogP contribution in [-0.4, -0.2) is 4.98 Å². The Kier molecular flexibility index (Phi) is 1.69. The summed E-state index contributed by atoms with van der Waals surface area (Å²) in [7, 11) is 0. The van der Waals surface area contributed by atoms with Crippen molar-refractivity contribution in [2.75, 3.05) is 0 Å². The third-order valence-corrected chi connectivity index (χ3v) is 2.53. The van der Waals surface area contributed by atoms with E-state index in [1.807, 2.05) is 0 Å². The molecule has 0 bridgehead atoms. The molecule has 0 aliphatic heterocycles. The number of hydrogen-bond acceptors (Lipinski definition) is 2. The van der Waals surface area contributed by atoms with Crippen molar-refractivity contribution in [2.45, 2.75) is 6.67 Å². The van der Waals surface area contributed by atoms with Gasteiger partial charge >= 0.3 is 4.87 Å². The van der Waals surface area contributed by atoms with E-state index in [4.69, 9.17) is 0 Å². The van der Waals surface area contributed by atoms with Crippen LogP contribution < -0.4 is 4.87 Å². The fourth-order valence-corrected chi connectivity index (χ4v) is 1.93. The largest absolute Gasteiger partial charge is 0.312 e. The molecule has 1 aromatic carbocycles. The van der Waals surface area contributed by atoms with Crippen molar-refractivity contribution in [1.82, 2.24) is 4.98 Å². The second-order valence-electron chi connectivity index (χ2n) is 2.44. The molecule has 0 aliphatic carbocycles. The first kappa shape index (κ1) is 7.49. The van der Waals surface area contributed by atoms with Crippen molar-refractivity contribution in [3.8, 4) is 0 Å². The first-order valence-corrected chi connectivity index (χ1v) is 4.29. The molecular weight excluding hydrogens is 177 g/mol. The number of para-hydroxylation sites is 1. The molecule has 0 aliphatic rings. The van der Waals surface area contributed by atoms with E-state index in [0.717, 1.165) is 16.0 Å². The summed E-state index contributed by atoms with van der Waals surface area (Å²) < 4.78 is 13.2. The molecule has 2 aromatic rings. The lowest BCUT2D eigenvalue weighted by Crippen LogP contribution is -1.91. The smallest absolute Gasteiger partial charge is 0.305 e. The van der Waals surface area contributed by atoms with Crippen molar-refractivity contribution < 1.29 is 4.39 Å². The first-order valence-electron chi connectivity index (χ1n) is 3.48. The van der Waals surface area contributed by atoms with Crippen LogP contribution >= 0.6 is 11.3 Å². The normalized spacial score (nSPS) is 10.8. The van der Waals surface area contributed by atoms with Gasteiger partial charge in [0, 0.05) is 5.56 Å². The monoisotopic (exact) mass is 183 g/mol. The highest BCUT2D eigenvalue weighted by Crippen LogP contribution is 2.18. The number of alkyl halides is 1. The van der Waals surface area contributed by atoms with Crippen molar-refractivity contribution in [3.05, 3.63) is 33.4 Å². The van der Waals surface area contributed by atoms with Gasteiger partial charge in [-0.25, -0.2) is 4.39 Å². The van der Waals surface area contributed by atoms with Gasteiger partial charge in [0.05, 0.1) is 10.2 Å². The molecule has 62 valence electrons. The number of thiazole rings is 1. The molecule has 4 heteroatoms. The molecule has 0 saturated carbocycles. The molecule has 0 amide bonds. The van der Waals surface area contributed by atoms with Crippen LogP contribution in [0, 0.1) is 0 Å². The molecule has 1 heterocycles. The molecule has 0 spiro atoms. The van der Waals surface area contributed by atoms with Gasteiger partial charge in [0.1, 0.15) is 6.67 Å². The zero-order chi connectivity index (χ0) is 8.55. The number of H-pyrrole nitrogens is 1. The Morgan fingerprint density at radius 3 is 3.08 bits per heavy atom. The highest BCUT2D eigenvalue weighted by Gasteiger charge is 2.02. The van der Waals surface area contributed by atoms with E-state index in [1.54, 1.807) is 18.2 Å². The zero-order valence-corrected chi connectivity index (χ0v) is 6.95. The Labute approximate surface area is 71.7 Å². The second-order valence-corrected chi connectivity index (χ2v) is 3.45. The number of aromatic amines is 1. The van der Waals surface area contributed by atoms with E-state index < -0.39 is 6.67 Å². The van der Waals surface area contributed by atoms with Crippen LogP contribution in [-0.2, 0) is 6.67 Å². The van der Waals surface area contributed by atoms with Gasteiger partial charge in [-0.15, -0.1) is 0 Å². The number of rotatable bonds is 1. The van der Waals surface area contributed by atoms with Crippen LogP contribution in [0.1, 0.15) is 5.56 Å². The van der Waals surface area contributed by atoms with E-state index >= 15 is 0 Å². The summed E-state index contributed by atoms with van der Waals surface area (Å²) >= 11 is 1.10. The summed E-state index contributed by atoms with van der Waals surface area (Å²) in [6, 6.07) is 5.23. The maximum Gasteiger partial charge on any atom is 0.305 e. The highest BCUT2D eigenvalue weighted by atomic mass is 32.1. The lowest BCUT2D eigenvalue weighted by molar-refractivity contribution is 0.487. The lowest BCUT2D eigenvalue weighted by Gasteiger charge is -1.93. The molecule has 0 fully saturated rings. The van der Waals surface area contributed by atoms with E-state index in [0.29, 0.717) is 11.1 Å². The summed E-state index contributed by atoms with van der Waals surface area (Å²) in [5.74, 6) is 0. The highest BCUT2D eigenvalue weighted by molar-refractivity contribution is 7.16. The third kappa shape index (κ3) is 1.04. The fraction of sp³-hybridized carbons (Fsp3) is 0.125. The molecule has 0 atom stereocenters. The topological polar surface area (TPSA) is 32.9 Å². The van der Waals surface area contributed by atoms with Crippen LogP contribution in [0.5, 0.6) is 0 Å². The average Bonchev–Trinajstić information content (AvgIpc) is 2.44. The zero-order valence-electron chi connectivity index (χ0n) is 6.13. The minimum absolute atomic E-state index is 0.133. The van der Waals surface area contributed by atoms with Gasteiger partial charge < -0.3 is 4.98 Å². The van der Waals surface area contributed by atoms with Gasteiger partial charge in [0.2, 0.25) is 0 Å². The van der Waals surface area contributed by atoms with Crippen molar-refractivity contribution in [3.63, 3.8) is 0 Å². The van der Waals surface area contributed by atoms with Gasteiger partial charge in [-0.3, -0.25) is 4.79 Å². The van der Waals surface area contributed by atoms with E-state index in [1.165, 1.54) is 0 Å². The van der Waals surface area contributed by atoms with E-state index in [9.17, 15) is 9.18 Å². The van der Waals surface area contributed by atoms with Gasteiger partial charge in [-0.2, -0.15) is 0 Å². The predicted molar refractivity (Wildman–Crippen MR) is 47.3 cm³/mol. The summed E-state index contributed by atoms with van der Waals surface area (Å²) in [5, 5.41) is 0. The fourth-order valence-electron chi connectivity index (χ4n) is 1.14. The Balaban J connectivity index is 2.87. The standard InChI is InChI=1S/C8H6FNOS/c9-4-5-2-1-3-6-7(5)10-8(11)12-6/h1-3H,4H2,(H,10,11). The SMILES string of the molecule is O=c1[nH]c2c(CF)cccc2s1. The number of hydrogen-bond donors (Lipinski definition) is 1. The molecule has 0 radical (unpaired) electrons. The van der Waals surface area contributed by atoms with Crippen LogP contribution in [0.15, 0.2) is 23.0 Å². The number of fused-ring (bicyclic) bond motifs is 1. The lowest BCUT2D eigenvalue weighted by atomic mass is 10.2. The molecule has 0 saturated heterocycles. The summed E-state index contributed by atoms with van der Waals surface area (Å²) in [4.78, 5) is 13.4. The first-order chi connectivity index (χ1) is 5.81. The van der Waals surface area contributed by atoms with Gasteiger partial charge in [0.25, 0.3) is 0 Å². The van der Waals surface area contributed by atoms with Crippen molar-refractivity contribution >= 4 is 21.6 Å². The molecule has 2 rings (SSSR count). The predicted octanol–water partition coefficient (Wildman–Crippen LogP) is 2.06. The maximum atomic E-state index is 12.3. The number of halogens is 1. The van der Waals surface area contributed by atoms with Gasteiger partial charge in [-0.05, 0) is 6.07 Å². The average molecular weight is 183 g/mol. The Morgan fingerprint density at radius 2 is 2.33 bits per heavy atom. The third-order valence-electron chi connectivity index (χ3n) is 1.69. The number of aromatic nitrogens is 1. The molecule has 1 N–H and O–H groups in total. The number of benzene rings is 1. The molecule has 12 heavy (non-hydrogen) atoms. The Hall–Kier alpha value is -1.16. The minimum atomic E-state index is -0.538. The van der Waals surface area contributed by atoms with E-state index in [2.05, 4.69) is 4.98 Å². The second kappa shape index (κ2) is 2.71. The summed E-state index contributed by atoms with van der Waals surface area (Å²) in [6.07, 6.45) is 0.